The lowest BCUT2D eigenvalue weighted by Gasteiger charge is -2.39. The smallest absolute Gasteiger partial charge is 0.439 e. The molecule has 0 aliphatic heterocycles. The number of ether oxygens (including phenoxy) is 3. The number of carboxylic acids is 1. The summed E-state index contributed by atoms with van der Waals surface area (Å²) in [6.07, 6.45) is 0.214. The van der Waals surface area contributed by atoms with E-state index in [0.29, 0.717) is 16.0 Å². The van der Waals surface area contributed by atoms with Gasteiger partial charge in [-0.1, -0.05) is 37.3 Å². The van der Waals surface area contributed by atoms with Gasteiger partial charge in [-0.25, -0.2) is 27.6 Å². The molecule has 4 aromatic rings. The van der Waals surface area contributed by atoms with E-state index in [0.717, 1.165) is 10.4 Å². The zero-order valence-electron chi connectivity index (χ0n) is 31.5. The van der Waals surface area contributed by atoms with Gasteiger partial charge in [0.25, 0.3) is 0 Å². The molecule has 55 heavy (non-hydrogen) atoms. The zero-order valence-corrected chi connectivity index (χ0v) is 32.3. The minimum absolute atomic E-state index is 0.0932. The van der Waals surface area contributed by atoms with Gasteiger partial charge in [0.1, 0.15) is 17.3 Å². The number of carboxylic acid groups (broad SMARTS) is 1. The molecule has 1 atom stereocenters. The van der Waals surface area contributed by atoms with E-state index in [4.69, 9.17) is 14.2 Å². The number of benzene rings is 3. The van der Waals surface area contributed by atoms with Crippen LogP contribution >= 0.6 is 0 Å². The van der Waals surface area contributed by atoms with Crippen molar-refractivity contribution in [1.29, 1.82) is 5.26 Å². The number of pyridine rings is 1. The standard InChI is InChI=1S/C39H43N5O10S/c1-8-55(50,51)32-16-14-30(21-29(32)23-40)42-35(47)52-20-18-25-9-11-26(12-10-25)33(34(45)46)43(31-15-13-28-24-41-19-17-27(28)22-31)44(36(48)53-38(2,3)4)37(49)54-39(5,6)7/h9-17,19,21-22,24,33H,8,18,20H2,1-7H3,(H,42,47)(H,45,46). The fourth-order valence-electron chi connectivity index (χ4n) is 5.25. The Balaban J connectivity index is 1.62. The number of sulfone groups is 1. The Labute approximate surface area is 319 Å². The summed E-state index contributed by atoms with van der Waals surface area (Å²) in [5.74, 6) is -1.59. The van der Waals surface area contributed by atoms with E-state index >= 15 is 0 Å². The van der Waals surface area contributed by atoms with Crippen LogP contribution in [0.1, 0.15) is 71.2 Å². The maximum atomic E-state index is 13.8. The number of carbonyl (C=O) groups excluding carboxylic acids is 3. The third-order valence-corrected chi connectivity index (χ3v) is 9.48. The summed E-state index contributed by atoms with van der Waals surface area (Å²) in [6, 6.07) is 16.8. The lowest BCUT2D eigenvalue weighted by atomic mass is 10.0. The Morgan fingerprint density at radius 2 is 1.53 bits per heavy atom. The van der Waals surface area contributed by atoms with Crippen molar-refractivity contribution in [1.82, 2.24) is 9.99 Å². The number of fused-ring (bicyclic) bond motifs is 1. The van der Waals surface area contributed by atoms with Gasteiger partial charge in [-0.3, -0.25) is 15.3 Å². The summed E-state index contributed by atoms with van der Waals surface area (Å²) in [6.45, 7) is 11.0. The molecular weight excluding hydrogens is 731 g/mol. The van der Waals surface area contributed by atoms with Crippen molar-refractivity contribution in [3.8, 4) is 6.07 Å². The maximum Gasteiger partial charge on any atom is 0.439 e. The van der Waals surface area contributed by atoms with Crippen molar-refractivity contribution >= 4 is 56.2 Å². The average molecular weight is 774 g/mol. The molecule has 0 spiro atoms. The van der Waals surface area contributed by atoms with E-state index in [9.17, 15) is 38.0 Å². The number of carbonyl (C=O) groups is 4. The molecule has 0 saturated carbocycles. The predicted octanol–water partition coefficient (Wildman–Crippen LogP) is 7.41. The highest BCUT2D eigenvalue weighted by molar-refractivity contribution is 7.91. The van der Waals surface area contributed by atoms with E-state index in [1.165, 1.54) is 37.3 Å². The van der Waals surface area contributed by atoms with Crippen molar-refractivity contribution in [2.75, 3.05) is 22.7 Å². The first-order valence-electron chi connectivity index (χ1n) is 17.1. The summed E-state index contributed by atoms with van der Waals surface area (Å²) in [5, 5.41) is 25.6. The van der Waals surface area contributed by atoms with Crippen LogP contribution in [0.4, 0.5) is 25.8 Å². The predicted molar refractivity (Wildman–Crippen MR) is 203 cm³/mol. The van der Waals surface area contributed by atoms with Crippen LogP contribution in [0.15, 0.2) is 84.0 Å². The largest absolute Gasteiger partial charge is 0.479 e. The molecule has 1 aromatic heterocycles. The summed E-state index contributed by atoms with van der Waals surface area (Å²) in [4.78, 5) is 57.4. The zero-order chi connectivity index (χ0) is 40.7. The third-order valence-electron chi connectivity index (χ3n) is 7.70. The molecule has 0 aliphatic rings. The van der Waals surface area contributed by atoms with Gasteiger partial charge in [0.2, 0.25) is 0 Å². The van der Waals surface area contributed by atoms with Crippen molar-refractivity contribution in [3.63, 3.8) is 0 Å². The molecule has 290 valence electrons. The second-order valence-corrected chi connectivity index (χ2v) is 16.5. The molecular formula is C39H43N5O10S. The molecule has 0 fully saturated rings. The Kier molecular flexibility index (Phi) is 12.7. The van der Waals surface area contributed by atoms with E-state index < -0.39 is 51.3 Å². The highest BCUT2D eigenvalue weighted by Crippen LogP contribution is 2.34. The number of hydrogen-bond acceptors (Lipinski definition) is 12. The Bertz CT molecular complexity index is 2190. The second kappa shape index (κ2) is 16.9. The average Bonchev–Trinajstić information content (AvgIpc) is 3.10. The molecule has 1 unspecified atom stereocenters. The number of hydrogen-bond donors (Lipinski definition) is 2. The molecule has 0 bridgehead atoms. The number of hydrazine groups is 1. The minimum atomic E-state index is -3.64. The van der Waals surface area contributed by atoms with Gasteiger partial charge >= 0.3 is 24.2 Å². The van der Waals surface area contributed by atoms with Crippen LogP contribution in [-0.4, -0.2) is 71.3 Å². The fraction of sp³-hybridized carbons (Fsp3) is 0.333. The lowest BCUT2D eigenvalue weighted by Crippen LogP contribution is -2.56. The lowest BCUT2D eigenvalue weighted by molar-refractivity contribution is -0.139. The number of aliphatic carboxylic acids is 1. The van der Waals surface area contributed by atoms with E-state index in [-0.39, 0.29) is 46.2 Å². The van der Waals surface area contributed by atoms with Gasteiger partial charge in [0.15, 0.2) is 15.9 Å². The highest BCUT2D eigenvalue weighted by Gasteiger charge is 2.42. The van der Waals surface area contributed by atoms with Gasteiger partial charge in [0.05, 0.1) is 28.5 Å². The number of rotatable bonds is 11. The number of imide groups is 1. The third kappa shape index (κ3) is 10.9. The van der Waals surface area contributed by atoms with Crippen LogP contribution < -0.4 is 10.3 Å². The first kappa shape index (κ1) is 41.5. The van der Waals surface area contributed by atoms with Crippen molar-refractivity contribution in [2.24, 2.45) is 0 Å². The molecule has 2 N–H and O–H groups in total. The Hall–Kier alpha value is -6.21. The molecule has 15 nitrogen and oxygen atoms in total. The van der Waals surface area contributed by atoms with Gasteiger partial charge < -0.3 is 19.3 Å². The van der Waals surface area contributed by atoms with E-state index in [1.54, 1.807) is 90.3 Å². The Morgan fingerprint density at radius 1 is 0.891 bits per heavy atom. The number of nitrogens with one attached hydrogen (secondary N) is 1. The SMILES string of the molecule is CCS(=O)(=O)c1ccc(NC(=O)OCCc2ccc(C(C(=O)O)N(c3ccc4cnccc4c3)N(C(=O)OC(C)(C)C)C(=O)OC(C)(C)C)cc2)cc1C#N. The van der Waals surface area contributed by atoms with Gasteiger partial charge in [-0.2, -0.15) is 5.26 Å². The number of nitrogens with zero attached hydrogens (tertiary/aromatic N) is 4. The highest BCUT2D eigenvalue weighted by atomic mass is 32.2. The van der Waals surface area contributed by atoms with Crippen LogP contribution in [-0.2, 0) is 35.3 Å². The fourth-order valence-corrected chi connectivity index (χ4v) is 6.27. The van der Waals surface area contributed by atoms with Crippen LogP contribution in [0, 0.1) is 11.3 Å². The van der Waals surface area contributed by atoms with Crippen molar-refractivity contribution in [2.45, 2.75) is 77.0 Å². The van der Waals surface area contributed by atoms with Crippen LogP contribution in [0.5, 0.6) is 0 Å². The number of nitriles is 1. The maximum absolute atomic E-state index is 13.8. The summed E-state index contributed by atoms with van der Waals surface area (Å²) < 4.78 is 41.0. The molecule has 4 rings (SSSR count). The molecule has 3 aromatic carbocycles. The van der Waals surface area contributed by atoms with Crippen LogP contribution in [0.2, 0.25) is 0 Å². The Morgan fingerprint density at radius 3 is 2.09 bits per heavy atom. The second-order valence-electron chi connectivity index (χ2n) is 14.2. The van der Waals surface area contributed by atoms with E-state index in [1.807, 2.05) is 6.07 Å². The van der Waals surface area contributed by atoms with Gasteiger partial charge in [-0.15, -0.1) is 5.01 Å². The first-order chi connectivity index (χ1) is 25.7. The van der Waals surface area contributed by atoms with E-state index in [2.05, 4.69) is 10.3 Å². The van der Waals surface area contributed by atoms with Crippen LogP contribution in [0.3, 0.4) is 0 Å². The normalized spacial score (nSPS) is 12.2. The van der Waals surface area contributed by atoms with Gasteiger partial charge in [0, 0.05) is 29.9 Å². The quantitative estimate of drug-likeness (QED) is 0.113. The summed E-state index contributed by atoms with van der Waals surface area (Å²) in [7, 11) is -3.64. The summed E-state index contributed by atoms with van der Waals surface area (Å²) in [5.41, 5.74) is -1.09. The first-order valence-corrected chi connectivity index (χ1v) is 18.8. The topological polar surface area (TPSA) is 206 Å². The number of amides is 3. The molecule has 0 saturated heterocycles. The minimum Gasteiger partial charge on any atom is -0.479 e. The molecule has 0 aliphatic carbocycles. The molecule has 0 radical (unpaired) electrons. The number of aromatic nitrogens is 1. The number of anilines is 2. The molecule has 16 heteroatoms. The van der Waals surface area contributed by atoms with Crippen molar-refractivity contribution < 1.29 is 46.9 Å². The van der Waals surface area contributed by atoms with Gasteiger partial charge in [-0.05, 0) is 94.5 Å². The molecule has 1 heterocycles. The molecule has 3 amide bonds. The van der Waals surface area contributed by atoms with Crippen LogP contribution in [0.25, 0.3) is 10.8 Å². The van der Waals surface area contributed by atoms with Crippen molar-refractivity contribution in [3.05, 3.63) is 95.8 Å². The monoisotopic (exact) mass is 773 g/mol. The summed E-state index contributed by atoms with van der Waals surface area (Å²) >= 11 is 0.